The Morgan fingerprint density at radius 2 is 1.83 bits per heavy atom. The van der Waals surface area contributed by atoms with Gasteiger partial charge in [0.15, 0.2) is 5.84 Å². The van der Waals surface area contributed by atoms with Crippen molar-refractivity contribution >= 4 is 23.6 Å². The zero-order valence-corrected chi connectivity index (χ0v) is 17.2. The highest BCUT2D eigenvalue weighted by Gasteiger charge is 2.28. The van der Waals surface area contributed by atoms with Crippen molar-refractivity contribution in [2.24, 2.45) is 10.9 Å². The number of likely N-dealkylation sites (tertiary alicyclic amines) is 1. The van der Waals surface area contributed by atoms with Gasteiger partial charge in [-0.3, -0.25) is 9.59 Å². The van der Waals surface area contributed by atoms with E-state index in [0.29, 0.717) is 43.7 Å². The number of nitrogens with one attached hydrogen (secondary N) is 1. The monoisotopic (exact) mass is 420 g/mol. The Bertz CT molecular complexity index is 772. The van der Waals surface area contributed by atoms with Crippen LogP contribution in [0.4, 0.5) is 0 Å². The van der Waals surface area contributed by atoms with Gasteiger partial charge in [0.25, 0.3) is 5.91 Å². The van der Waals surface area contributed by atoms with Crippen LogP contribution in [-0.2, 0) is 19.1 Å². The number of amides is 2. The fraction of sp³-hybridized carbons (Fsp3) is 0.500. The van der Waals surface area contributed by atoms with E-state index in [0.717, 1.165) is 0 Å². The molecule has 0 spiro atoms. The van der Waals surface area contributed by atoms with E-state index in [4.69, 9.17) is 20.4 Å². The highest BCUT2D eigenvalue weighted by atomic mass is 16.6. The summed E-state index contributed by atoms with van der Waals surface area (Å²) in [5.74, 6) is -1.06. The van der Waals surface area contributed by atoms with Crippen LogP contribution >= 0.6 is 0 Å². The number of carbonyl (C=O) groups is 3. The van der Waals surface area contributed by atoms with Crippen LogP contribution in [0.5, 0.6) is 0 Å². The van der Waals surface area contributed by atoms with Crippen molar-refractivity contribution in [1.29, 1.82) is 0 Å². The average Bonchev–Trinajstić information content (AvgIpc) is 2.77. The molecule has 1 heterocycles. The van der Waals surface area contributed by atoms with E-state index in [2.05, 4.69) is 10.5 Å². The van der Waals surface area contributed by atoms with Gasteiger partial charge in [0, 0.05) is 43.7 Å². The second-order valence-electron chi connectivity index (χ2n) is 6.91. The Morgan fingerprint density at radius 1 is 1.23 bits per heavy atom. The summed E-state index contributed by atoms with van der Waals surface area (Å²) in [6.07, 6.45) is 0.847. The van der Waals surface area contributed by atoms with Gasteiger partial charge in [-0.2, -0.15) is 0 Å². The normalized spacial score (nSPS) is 16.1. The van der Waals surface area contributed by atoms with Crippen LogP contribution in [0.1, 0.15) is 42.6 Å². The van der Waals surface area contributed by atoms with Gasteiger partial charge in [0.2, 0.25) is 5.91 Å². The first kappa shape index (κ1) is 23.1. The third-order valence-electron chi connectivity index (χ3n) is 4.74. The number of benzene rings is 1. The lowest BCUT2D eigenvalue weighted by Gasteiger charge is -2.33. The van der Waals surface area contributed by atoms with Gasteiger partial charge in [-0.1, -0.05) is 17.3 Å². The van der Waals surface area contributed by atoms with Crippen LogP contribution in [0.15, 0.2) is 29.4 Å². The molecule has 10 heteroatoms. The highest BCUT2D eigenvalue weighted by Crippen LogP contribution is 2.15. The summed E-state index contributed by atoms with van der Waals surface area (Å²) >= 11 is 0. The van der Waals surface area contributed by atoms with Gasteiger partial charge in [-0.05, 0) is 26.0 Å². The molecule has 2 rings (SSSR count). The third-order valence-corrected chi connectivity index (χ3v) is 4.74. The van der Waals surface area contributed by atoms with E-state index in [1.807, 2.05) is 0 Å². The maximum Gasteiger partial charge on any atom is 0.332 e. The lowest BCUT2D eigenvalue weighted by molar-refractivity contribution is -0.157. The molecule has 0 saturated carbocycles. The van der Waals surface area contributed by atoms with Crippen molar-refractivity contribution in [3.05, 3.63) is 35.4 Å². The van der Waals surface area contributed by atoms with Crippen LogP contribution in [-0.4, -0.2) is 72.2 Å². The number of hydrogen-bond acceptors (Lipinski definition) is 7. The Morgan fingerprint density at radius 3 is 2.40 bits per heavy atom. The molecule has 30 heavy (non-hydrogen) atoms. The van der Waals surface area contributed by atoms with Crippen LogP contribution in [0.3, 0.4) is 0 Å². The molecule has 164 valence electrons. The van der Waals surface area contributed by atoms with Gasteiger partial charge >= 0.3 is 5.97 Å². The summed E-state index contributed by atoms with van der Waals surface area (Å²) in [6, 6.07) is 5.45. The zero-order valence-electron chi connectivity index (χ0n) is 17.2. The Kier molecular flexibility index (Phi) is 8.60. The molecule has 0 unspecified atom stereocenters. The lowest BCUT2D eigenvalue weighted by atomic mass is 10.1. The summed E-state index contributed by atoms with van der Waals surface area (Å²) in [7, 11) is 0. The van der Waals surface area contributed by atoms with E-state index in [1.165, 1.54) is 12.1 Å². The van der Waals surface area contributed by atoms with E-state index < -0.39 is 17.9 Å². The molecule has 0 aliphatic carbocycles. The number of piperidine rings is 1. The summed E-state index contributed by atoms with van der Waals surface area (Å²) in [5, 5.41) is 14.3. The maximum absolute atomic E-state index is 12.6. The van der Waals surface area contributed by atoms with Gasteiger partial charge in [-0.25, -0.2) is 4.79 Å². The van der Waals surface area contributed by atoms with Crippen molar-refractivity contribution in [1.82, 2.24) is 10.2 Å². The molecule has 1 aromatic rings. The van der Waals surface area contributed by atoms with E-state index in [9.17, 15) is 14.4 Å². The number of nitrogens with two attached hydrogens (primary N) is 1. The summed E-state index contributed by atoms with van der Waals surface area (Å²) in [6.45, 7) is 4.69. The molecule has 1 aromatic carbocycles. The minimum absolute atomic E-state index is 0.0579. The molecular weight excluding hydrogens is 392 g/mol. The number of amidine groups is 1. The predicted octanol–water partition coefficient (Wildman–Crippen LogP) is 0.470. The van der Waals surface area contributed by atoms with Gasteiger partial charge in [0.05, 0.1) is 0 Å². The third kappa shape index (κ3) is 6.45. The summed E-state index contributed by atoms with van der Waals surface area (Å²) < 4.78 is 10.4. The van der Waals surface area contributed by atoms with Gasteiger partial charge in [-0.15, -0.1) is 0 Å². The first-order chi connectivity index (χ1) is 14.3. The van der Waals surface area contributed by atoms with Crippen molar-refractivity contribution in [3.8, 4) is 0 Å². The minimum Gasteiger partial charge on any atom is -0.461 e. The molecule has 10 nitrogen and oxygen atoms in total. The summed E-state index contributed by atoms with van der Waals surface area (Å²) in [5.41, 5.74) is 6.32. The second kappa shape index (κ2) is 11.1. The first-order valence-corrected chi connectivity index (χ1v) is 9.80. The fourth-order valence-electron chi connectivity index (χ4n) is 3.07. The number of ether oxygens (including phenoxy) is 2. The minimum atomic E-state index is -0.710. The standard InChI is InChI=1S/C20H28N4O6/c1-3-29-12-17(25)30-16-8-10-24(11-9-16)20(27)13(2)22-19(26)15-6-4-14(5-7-15)18(21)23-28/h4-7,13,16,28H,3,8-12H2,1-2H3,(H2,21,23)(H,22,26)/t13-/m0/s1. The smallest absolute Gasteiger partial charge is 0.332 e. The molecule has 0 radical (unpaired) electrons. The SMILES string of the molecule is CCOCC(=O)OC1CCN(C(=O)[C@H](C)NC(=O)c2ccc(/C(N)=N/O)cc2)CC1. The second-order valence-corrected chi connectivity index (χ2v) is 6.91. The van der Waals surface area contributed by atoms with Crippen molar-refractivity contribution < 1.29 is 29.1 Å². The van der Waals surface area contributed by atoms with Gasteiger partial charge < -0.3 is 30.6 Å². The molecule has 1 saturated heterocycles. The predicted molar refractivity (Wildman–Crippen MR) is 108 cm³/mol. The van der Waals surface area contributed by atoms with E-state index in [1.54, 1.807) is 30.9 Å². The van der Waals surface area contributed by atoms with Crippen LogP contribution < -0.4 is 11.1 Å². The Labute approximate surface area is 175 Å². The Balaban J connectivity index is 1.82. The Hall–Kier alpha value is -3.14. The molecule has 1 aliphatic rings. The van der Waals surface area contributed by atoms with Crippen LogP contribution in [0.25, 0.3) is 0 Å². The topological polar surface area (TPSA) is 144 Å². The molecule has 2 amide bonds. The summed E-state index contributed by atoms with van der Waals surface area (Å²) in [4.78, 5) is 38.3. The number of oxime groups is 1. The molecule has 1 aliphatic heterocycles. The lowest BCUT2D eigenvalue weighted by Crippen LogP contribution is -2.50. The molecular formula is C20H28N4O6. The number of rotatable bonds is 8. The number of hydrogen-bond donors (Lipinski definition) is 3. The molecule has 0 aromatic heterocycles. The van der Waals surface area contributed by atoms with Gasteiger partial charge in [0.1, 0.15) is 18.8 Å². The van der Waals surface area contributed by atoms with E-state index in [-0.39, 0.29) is 24.5 Å². The first-order valence-electron chi connectivity index (χ1n) is 9.80. The quantitative estimate of drug-likeness (QED) is 0.182. The largest absolute Gasteiger partial charge is 0.461 e. The number of carbonyl (C=O) groups excluding carboxylic acids is 3. The average molecular weight is 420 g/mol. The number of esters is 1. The number of nitrogens with zero attached hydrogens (tertiary/aromatic N) is 2. The van der Waals surface area contributed by atoms with Crippen LogP contribution in [0, 0.1) is 0 Å². The van der Waals surface area contributed by atoms with Crippen LogP contribution in [0.2, 0.25) is 0 Å². The zero-order chi connectivity index (χ0) is 22.1. The molecule has 1 atom stereocenters. The highest BCUT2D eigenvalue weighted by molar-refractivity contribution is 6.00. The molecule has 4 N–H and O–H groups in total. The molecule has 0 bridgehead atoms. The maximum atomic E-state index is 12.6. The van der Waals surface area contributed by atoms with Crippen molar-refractivity contribution in [3.63, 3.8) is 0 Å². The molecule has 1 fully saturated rings. The van der Waals surface area contributed by atoms with Crippen molar-refractivity contribution in [2.45, 2.75) is 38.8 Å². The fourth-order valence-corrected chi connectivity index (χ4v) is 3.07. The van der Waals surface area contributed by atoms with E-state index >= 15 is 0 Å². The van der Waals surface area contributed by atoms with Crippen molar-refractivity contribution in [2.75, 3.05) is 26.3 Å².